The van der Waals surface area contributed by atoms with Gasteiger partial charge >= 0.3 is 0 Å². The third-order valence-electron chi connectivity index (χ3n) is 2.90. The minimum atomic E-state index is 0.523. The second-order valence-electron chi connectivity index (χ2n) is 4.17. The van der Waals surface area contributed by atoms with Crippen LogP contribution in [0.15, 0.2) is 47.6 Å². The van der Waals surface area contributed by atoms with Crippen LogP contribution in [0, 0.1) is 6.92 Å². The molecule has 2 rings (SSSR count). The molecule has 1 aromatic rings. The lowest BCUT2D eigenvalue weighted by atomic mass is 9.89. The van der Waals surface area contributed by atoms with E-state index in [1.807, 2.05) is 0 Å². The summed E-state index contributed by atoms with van der Waals surface area (Å²) in [4.78, 5) is 0. The van der Waals surface area contributed by atoms with Gasteiger partial charge in [0, 0.05) is 5.92 Å². The van der Waals surface area contributed by atoms with Gasteiger partial charge in [-0.2, -0.15) is 0 Å². The van der Waals surface area contributed by atoms with Gasteiger partial charge in [0.25, 0.3) is 0 Å². The van der Waals surface area contributed by atoms with Crippen molar-refractivity contribution in [2.24, 2.45) is 0 Å². The van der Waals surface area contributed by atoms with Gasteiger partial charge in [0.05, 0.1) is 0 Å². The van der Waals surface area contributed by atoms with E-state index < -0.39 is 0 Å². The minimum absolute atomic E-state index is 0.523. The van der Waals surface area contributed by atoms with Gasteiger partial charge in [-0.25, -0.2) is 0 Å². The Morgan fingerprint density at radius 3 is 2.14 bits per heavy atom. The highest BCUT2D eigenvalue weighted by atomic mass is 14.2. The molecule has 0 fully saturated rings. The van der Waals surface area contributed by atoms with Crippen molar-refractivity contribution in [1.82, 2.24) is 0 Å². The van der Waals surface area contributed by atoms with E-state index in [-0.39, 0.29) is 0 Å². The van der Waals surface area contributed by atoms with Crippen LogP contribution in [0.25, 0.3) is 0 Å². The maximum atomic E-state index is 2.28. The van der Waals surface area contributed by atoms with Crippen LogP contribution < -0.4 is 0 Å². The molecule has 0 spiro atoms. The zero-order valence-electron chi connectivity index (χ0n) is 9.04. The number of hydrogen-bond donors (Lipinski definition) is 0. The maximum Gasteiger partial charge on any atom is 0.0258 e. The summed E-state index contributed by atoms with van der Waals surface area (Å²) in [6.07, 6.45) is 4.45. The summed E-state index contributed by atoms with van der Waals surface area (Å²) in [6, 6.07) is 8.79. The molecule has 14 heavy (non-hydrogen) atoms. The Morgan fingerprint density at radius 1 is 0.929 bits per heavy atom. The molecule has 1 aliphatic carbocycles. The molecule has 0 bridgehead atoms. The van der Waals surface area contributed by atoms with E-state index in [1.165, 1.54) is 22.3 Å². The van der Waals surface area contributed by atoms with Crippen molar-refractivity contribution in [1.29, 1.82) is 0 Å². The highest BCUT2D eigenvalue weighted by Crippen LogP contribution is 2.35. The van der Waals surface area contributed by atoms with Gasteiger partial charge in [-0.3, -0.25) is 0 Å². The van der Waals surface area contributed by atoms with E-state index in [1.54, 1.807) is 0 Å². The molecule has 0 N–H and O–H groups in total. The van der Waals surface area contributed by atoms with Crippen molar-refractivity contribution in [3.63, 3.8) is 0 Å². The van der Waals surface area contributed by atoms with Crippen molar-refractivity contribution >= 4 is 0 Å². The van der Waals surface area contributed by atoms with Crippen LogP contribution in [0.2, 0.25) is 0 Å². The van der Waals surface area contributed by atoms with Gasteiger partial charge in [-0.05, 0) is 26.3 Å². The van der Waals surface area contributed by atoms with Gasteiger partial charge in [-0.15, -0.1) is 0 Å². The summed E-state index contributed by atoms with van der Waals surface area (Å²) in [5, 5.41) is 0. The van der Waals surface area contributed by atoms with Gasteiger partial charge in [0.2, 0.25) is 0 Å². The second kappa shape index (κ2) is 3.45. The molecule has 1 aromatic carbocycles. The van der Waals surface area contributed by atoms with Gasteiger partial charge in [0.1, 0.15) is 0 Å². The molecule has 0 heterocycles. The molecule has 0 nitrogen and oxygen atoms in total. The SMILES string of the molecule is CC1=CC=C(C)C1c1cccc(C)c1. The number of benzene rings is 1. The van der Waals surface area contributed by atoms with Crippen LogP contribution in [0.4, 0.5) is 0 Å². The third kappa shape index (κ3) is 1.52. The molecule has 0 aliphatic heterocycles. The molecule has 0 unspecified atom stereocenters. The van der Waals surface area contributed by atoms with Crippen LogP contribution in [0.1, 0.15) is 30.9 Å². The summed E-state index contributed by atoms with van der Waals surface area (Å²) in [6.45, 7) is 6.57. The highest BCUT2D eigenvalue weighted by Gasteiger charge is 2.18. The standard InChI is InChI=1S/C14H16/c1-10-5-4-6-13(9-10)14-11(2)7-8-12(14)3/h4-9,14H,1-3H3. The van der Waals surface area contributed by atoms with Gasteiger partial charge < -0.3 is 0 Å². The molecular formula is C14H16. The van der Waals surface area contributed by atoms with E-state index in [9.17, 15) is 0 Å². The van der Waals surface area contributed by atoms with Crippen molar-refractivity contribution in [2.45, 2.75) is 26.7 Å². The quantitative estimate of drug-likeness (QED) is 0.619. The molecule has 72 valence electrons. The number of allylic oxidation sites excluding steroid dienone is 4. The van der Waals surface area contributed by atoms with Crippen molar-refractivity contribution < 1.29 is 0 Å². The molecule has 0 saturated carbocycles. The number of rotatable bonds is 1. The molecule has 0 amide bonds. The average Bonchev–Trinajstić information content (AvgIpc) is 2.46. The fourth-order valence-electron chi connectivity index (χ4n) is 2.19. The van der Waals surface area contributed by atoms with Crippen molar-refractivity contribution in [2.75, 3.05) is 0 Å². The maximum absolute atomic E-state index is 2.28. The topological polar surface area (TPSA) is 0 Å². The highest BCUT2D eigenvalue weighted by molar-refractivity contribution is 5.45. The zero-order chi connectivity index (χ0) is 10.1. The molecule has 0 saturated heterocycles. The first-order chi connectivity index (χ1) is 6.68. The monoisotopic (exact) mass is 184 g/mol. The normalized spacial score (nSPS) is 16.8. The molecule has 0 aromatic heterocycles. The zero-order valence-corrected chi connectivity index (χ0v) is 9.04. The Kier molecular flexibility index (Phi) is 2.28. The Labute approximate surface area is 86.0 Å². The van der Waals surface area contributed by atoms with Crippen LogP contribution in [-0.4, -0.2) is 0 Å². The summed E-state index contributed by atoms with van der Waals surface area (Å²) in [7, 11) is 0. The molecule has 1 aliphatic rings. The summed E-state index contributed by atoms with van der Waals surface area (Å²) in [5.41, 5.74) is 5.67. The molecule has 0 radical (unpaired) electrons. The summed E-state index contributed by atoms with van der Waals surface area (Å²) >= 11 is 0. The lowest BCUT2D eigenvalue weighted by Crippen LogP contribution is -1.98. The van der Waals surface area contributed by atoms with Crippen LogP contribution in [0.3, 0.4) is 0 Å². The molecule has 0 heteroatoms. The van der Waals surface area contributed by atoms with Crippen molar-refractivity contribution in [3.8, 4) is 0 Å². The minimum Gasteiger partial charge on any atom is -0.0624 e. The molecule has 0 atom stereocenters. The van der Waals surface area contributed by atoms with E-state index in [4.69, 9.17) is 0 Å². The van der Waals surface area contributed by atoms with Crippen LogP contribution in [0.5, 0.6) is 0 Å². The van der Waals surface area contributed by atoms with Crippen LogP contribution in [-0.2, 0) is 0 Å². The number of aryl methyl sites for hydroxylation is 1. The lowest BCUT2D eigenvalue weighted by molar-refractivity contribution is 0.941. The van der Waals surface area contributed by atoms with E-state index in [0.29, 0.717) is 5.92 Å². The Balaban J connectivity index is 2.41. The van der Waals surface area contributed by atoms with E-state index in [0.717, 1.165) is 0 Å². The van der Waals surface area contributed by atoms with Crippen molar-refractivity contribution in [3.05, 3.63) is 58.7 Å². The van der Waals surface area contributed by atoms with Gasteiger partial charge in [-0.1, -0.05) is 53.1 Å². The Hall–Kier alpha value is -1.30. The second-order valence-corrected chi connectivity index (χ2v) is 4.17. The fraction of sp³-hybridized carbons (Fsp3) is 0.286. The first-order valence-corrected chi connectivity index (χ1v) is 5.10. The fourth-order valence-corrected chi connectivity index (χ4v) is 2.19. The first-order valence-electron chi connectivity index (χ1n) is 5.10. The third-order valence-corrected chi connectivity index (χ3v) is 2.90. The van der Waals surface area contributed by atoms with Gasteiger partial charge in [0.15, 0.2) is 0 Å². The lowest BCUT2D eigenvalue weighted by Gasteiger charge is -2.15. The number of hydrogen-bond acceptors (Lipinski definition) is 0. The summed E-state index contributed by atoms with van der Waals surface area (Å²) < 4.78 is 0. The average molecular weight is 184 g/mol. The smallest absolute Gasteiger partial charge is 0.0258 e. The first kappa shape index (κ1) is 9.26. The largest absolute Gasteiger partial charge is 0.0624 e. The van der Waals surface area contributed by atoms with E-state index in [2.05, 4.69) is 57.2 Å². The predicted octanol–water partition coefficient (Wildman–Crippen LogP) is 3.98. The molecular weight excluding hydrogens is 168 g/mol. The van der Waals surface area contributed by atoms with Crippen LogP contribution >= 0.6 is 0 Å². The Bertz CT molecular complexity index is 390. The Morgan fingerprint density at radius 2 is 1.57 bits per heavy atom. The van der Waals surface area contributed by atoms with E-state index >= 15 is 0 Å². The predicted molar refractivity (Wildman–Crippen MR) is 61.4 cm³/mol. The summed E-state index contributed by atoms with van der Waals surface area (Å²) in [5.74, 6) is 0.523.